The van der Waals surface area contributed by atoms with Crippen LogP contribution in [0.1, 0.15) is 35.2 Å². The third-order valence-electron chi connectivity index (χ3n) is 2.82. The maximum Gasteiger partial charge on any atom is 0.261 e. The Kier molecular flexibility index (Phi) is 4.39. The number of nitrogens with zero attached hydrogens (tertiary/aromatic N) is 1. The first-order chi connectivity index (χ1) is 9.52. The highest BCUT2D eigenvalue weighted by Crippen LogP contribution is 2.21. The number of aryl methyl sites for hydroxylation is 2. The molecule has 1 amide bonds. The number of hydrogen-bond donors (Lipinski definition) is 1. The molecular formula is C14H14ClFN2O2. The zero-order valence-corrected chi connectivity index (χ0v) is 11.9. The number of carbonyl (C=O) groups is 1. The second kappa shape index (κ2) is 6.05. The molecule has 4 nitrogen and oxygen atoms in total. The van der Waals surface area contributed by atoms with Crippen molar-refractivity contribution in [2.45, 2.75) is 26.7 Å². The molecule has 1 N–H and O–H groups in total. The number of nitrogens with one attached hydrogen (secondary N) is 1. The van der Waals surface area contributed by atoms with E-state index >= 15 is 0 Å². The maximum absolute atomic E-state index is 13.1. The van der Waals surface area contributed by atoms with Crippen molar-refractivity contribution in [3.05, 3.63) is 46.1 Å². The van der Waals surface area contributed by atoms with Crippen molar-refractivity contribution < 1.29 is 13.7 Å². The Labute approximate surface area is 120 Å². The average molecular weight is 297 g/mol. The number of rotatable bonds is 4. The molecule has 20 heavy (non-hydrogen) atoms. The van der Waals surface area contributed by atoms with Crippen molar-refractivity contribution in [1.29, 1.82) is 0 Å². The lowest BCUT2D eigenvalue weighted by Crippen LogP contribution is -2.14. The van der Waals surface area contributed by atoms with Gasteiger partial charge in [0.05, 0.1) is 10.7 Å². The topological polar surface area (TPSA) is 55.1 Å². The zero-order valence-electron chi connectivity index (χ0n) is 11.2. The van der Waals surface area contributed by atoms with Gasteiger partial charge in [-0.2, -0.15) is 0 Å². The molecule has 0 bridgehead atoms. The number of amides is 1. The van der Waals surface area contributed by atoms with Crippen LogP contribution in [0.5, 0.6) is 0 Å². The van der Waals surface area contributed by atoms with Gasteiger partial charge in [-0.15, -0.1) is 0 Å². The fourth-order valence-electron chi connectivity index (χ4n) is 1.88. The molecule has 1 heterocycles. The first kappa shape index (κ1) is 14.5. The van der Waals surface area contributed by atoms with E-state index in [2.05, 4.69) is 10.5 Å². The Morgan fingerprint density at radius 3 is 2.90 bits per heavy atom. The van der Waals surface area contributed by atoms with Crippen LogP contribution in [0.2, 0.25) is 5.02 Å². The fourth-order valence-corrected chi connectivity index (χ4v) is 2.06. The molecule has 6 heteroatoms. The van der Waals surface area contributed by atoms with Crippen molar-refractivity contribution in [3.8, 4) is 0 Å². The number of carbonyl (C=O) groups excluding carboxylic acids is 1. The Balaban J connectivity index is 2.23. The minimum Gasteiger partial charge on any atom is -0.361 e. The predicted molar refractivity (Wildman–Crippen MR) is 74.6 cm³/mol. The lowest BCUT2D eigenvalue weighted by molar-refractivity contribution is 0.102. The molecule has 1 aromatic heterocycles. The summed E-state index contributed by atoms with van der Waals surface area (Å²) in [6, 6.07) is 4.00. The number of halogens is 2. The largest absolute Gasteiger partial charge is 0.361 e. The van der Waals surface area contributed by atoms with E-state index in [4.69, 9.17) is 16.1 Å². The van der Waals surface area contributed by atoms with Crippen LogP contribution in [-0.2, 0) is 6.42 Å². The lowest BCUT2D eigenvalue weighted by Gasteiger charge is -2.06. The van der Waals surface area contributed by atoms with Crippen LogP contribution in [-0.4, -0.2) is 11.1 Å². The predicted octanol–water partition coefficient (Wildman–Crippen LogP) is 3.98. The molecule has 0 saturated heterocycles. The Hall–Kier alpha value is -1.88. The van der Waals surface area contributed by atoms with Gasteiger partial charge in [-0.3, -0.25) is 4.79 Å². The standard InChI is InChI=1S/C14H14ClFN2O2/c1-3-4-12-13(8(2)20-18-12)14(19)17-9-5-6-11(16)10(15)7-9/h5-7H,3-4H2,1-2H3,(H,17,19). The van der Waals surface area contributed by atoms with Gasteiger partial charge in [0.25, 0.3) is 5.91 Å². The highest BCUT2D eigenvalue weighted by atomic mass is 35.5. The molecule has 0 unspecified atom stereocenters. The van der Waals surface area contributed by atoms with Gasteiger partial charge in [-0.25, -0.2) is 4.39 Å². The van der Waals surface area contributed by atoms with Gasteiger partial charge in [0.1, 0.15) is 17.1 Å². The van der Waals surface area contributed by atoms with Crippen LogP contribution in [0.3, 0.4) is 0 Å². The molecule has 0 fully saturated rings. The molecule has 2 rings (SSSR count). The van der Waals surface area contributed by atoms with E-state index in [1.807, 2.05) is 6.92 Å². The van der Waals surface area contributed by atoms with Crippen molar-refractivity contribution in [1.82, 2.24) is 5.16 Å². The van der Waals surface area contributed by atoms with Gasteiger partial charge in [0.2, 0.25) is 0 Å². The van der Waals surface area contributed by atoms with Gasteiger partial charge < -0.3 is 9.84 Å². The molecule has 0 radical (unpaired) electrons. The highest BCUT2D eigenvalue weighted by Gasteiger charge is 2.20. The van der Waals surface area contributed by atoms with Crippen molar-refractivity contribution in [2.75, 3.05) is 5.32 Å². The third kappa shape index (κ3) is 2.99. The van der Waals surface area contributed by atoms with Gasteiger partial charge in [0.15, 0.2) is 0 Å². The van der Waals surface area contributed by atoms with Crippen LogP contribution in [0, 0.1) is 12.7 Å². The molecule has 106 valence electrons. The summed E-state index contributed by atoms with van der Waals surface area (Å²) in [6.45, 7) is 3.67. The summed E-state index contributed by atoms with van der Waals surface area (Å²) in [7, 11) is 0. The monoisotopic (exact) mass is 296 g/mol. The van der Waals surface area contributed by atoms with Gasteiger partial charge in [-0.1, -0.05) is 30.1 Å². The highest BCUT2D eigenvalue weighted by molar-refractivity contribution is 6.31. The van der Waals surface area contributed by atoms with Crippen LogP contribution < -0.4 is 5.32 Å². The van der Waals surface area contributed by atoms with E-state index in [-0.39, 0.29) is 10.9 Å². The van der Waals surface area contributed by atoms with Gasteiger partial charge >= 0.3 is 0 Å². The van der Waals surface area contributed by atoms with Crippen LogP contribution in [0.4, 0.5) is 10.1 Å². The molecule has 0 aliphatic heterocycles. The van der Waals surface area contributed by atoms with Crippen molar-refractivity contribution >= 4 is 23.2 Å². The lowest BCUT2D eigenvalue weighted by atomic mass is 10.1. The summed E-state index contributed by atoms with van der Waals surface area (Å²) in [5.74, 6) is -0.411. The number of benzene rings is 1. The first-order valence-corrected chi connectivity index (χ1v) is 6.62. The number of aromatic nitrogens is 1. The molecule has 0 atom stereocenters. The Morgan fingerprint density at radius 1 is 1.50 bits per heavy atom. The van der Waals surface area contributed by atoms with E-state index in [1.54, 1.807) is 6.92 Å². The fraction of sp³-hybridized carbons (Fsp3) is 0.286. The van der Waals surface area contributed by atoms with E-state index in [0.29, 0.717) is 29.1 Å². The summed E-state index contributed by atoms with van der Waals surface area (Å²) in [5, 5.41) is 6.50. The van der Waals surface area contributed by atoms with Gasteiger partial charge in [0, 0.05) is 5.69 Å². The van der Waals surface area contributed by atoms with Crippen molar-refractivity contribution in [2.24, 2.45) is 0 Å². The van der Waals surface area contributed by atoms with Gasteiger partial charge in [-0.05, 0) is 31.5 Å². The van der Waals surface area contributed by atoms with Crippen LogP contribution in [0.15, 0.2) is 22.7 Å². The summed E-state index contributed by atoms with van der Waals surface area (Å²) in [4.78, 5) is 12.2. The van der Waals surface area contributed by atoms with E-state index < -0.39 is 5.82 Å². The first-order valence-electron chi connectivity index (χ1n) is 6.24. The normalized spacial score (nSPS) is 10.6. The van der Waals surface area contributed by atoms with Crippen LogP contribution in [0.25, 0.3) is 0 Å². The Bertz CT molecular complexity index is 640. The maximum atomic E-state index is 13.1. The number of hydrogen-bond acceptors (Lipinski definition) is 3. The van der Waals surface area contributed by atoms with E-state index in [1.165, 1.54) is 18.2 Å². The third-order valence-corrected chi connectivity index (χ3v) is 3.11. The smallest absolute Gasteiger partial charge is 0.261 e. The Morgan fingerprint density at radius 2 is 2.25 bits per heavy atom. The van der Waals surface area contributed by atoms with E-state index in [9.17, 15) is 9.18 Å². The molecule has 0 aliphatic rings. The zero-order chi connectivity index (χ0) is 14.7. The second-order valence-electron chi connectivity index (χ2n) is 4.39. The average Bonchev–Trinajstić information content (AvgIpc) is 2.76. The summed E-state index contributed by atoms with van der Waals surface area (Å²) >= 11 is 5.68. The van der Waals surface area contributed by atoms with Crippen LogP contribution >= 0.6 is 11.6 Å². The second-order valence-corrected chi connectivity index (χ2v) is 4.80. The number of anilines is 1. The minimum atomic E-state index is -0.530. The summed E-state index contributed by atoms with van der Waals surface area (Å²) in [5.41, 5.74) is 1.47. The minimum absolute atomic E-state index is 0.0429. The SMILES string of the molecule is CCCc1noc(C)c1C(=O)Nc1ccc(F)c(Cl)c1. The molecule has 0 saturated carbocycles. The van der Waals surface area contributed by atoms with E-state index in [0.717, 1.165) is 6.42 Å². The quantitative estimate of drug-likeness (QED) is 0.928. The molecule has 0 spiro atoms. The molecule has 1 aromatic carbocycles. The molecule has 0 aliphatic carbocycles. The summed E-state index contributed by atoms with van der Waals surface area (Å²) < 4.78 is 18.1. The molecular weight excluding hydrogens is 283 g/mol. The summed E-state index contributed by atoms with van der Waals surface area (Å²) in [6.07, 6.45) is 1.51. The molecule has 2 aromatic rings. The van der Waals surface area contributed by atoms with Crippen molar-refractivity contribution in [3.63, 3.8) is 0 Å².